The van der Waals surface area contributed by atoms with Crippen molar-refractivity contribution in [2.24, 2.45) is 0 Å². The van der Waals surface area contributed by atoms with Gasteiger partial charge in [0.1, 0.15) is 0 Å². The van der Waals surface area contributed by atoms with E-state index in [1.54, 1.807) is 18.3 Å². The predicted octanol–water partition coefficient (Wildman–Crippen LogP) is 2.36. The van der Waals surface area contributed by atoms with Crippen molar-refractivity contribution in [3.8, 4) is 0 Å². The summed E-state index contributed by atoms with van der Waals surface area (Å²) in [5, 5.41) is 12.9. The number of hydrogen-bond acceptors (Lipinski definition) is 4. The summed E-state index contributed by atoms with van der Waals surface area (Å²) in [5.41, 5.74) is 2.80. The number of aliphatic hydroxyl groups excluding tert-OH is 1. The smallest absolute Gasteiger partial charge is 0.257 e. The summed E-state index contributed by atoms with van der Waals surface area (Å²) in [6, 6.07) is 9.13. The number of pyridine rings is 1. The van der Waals surface area contributed by atoms with E-state index in [0.717, 1.165) is 11.4 Å². The molecule has 1 atom stereocenters. The Hall–Kier alpha value is -2.11. The number of fused-ring (bicyclic) bond motifs is 1. The van der Waals surface area contributed by atoms with E-state index in [1.165, 1.54) is 0 Å². The molecule has 1 aliphatic heterocycles. The molecule has 3 rings (SSSR count). The number of halogens is 1. The summed E-state index contributed by atoms with van der Waals surface area (Å²) in [7, 11) is 1.90. The van der Waals surface area contributed by atoms with Gasteiger partial charge in [0.05, 0.1) is 22.9 Å². The number of rotatable bonds is 3. The molecule has 1 aromatic heterocycles. The molecule has 6 heteroatoms. The molecule has 2 heterocycles. The predicted molar refractivity (Wildman–Crippen MR) is 81.4 cm³/mol. The van der Waals surface area contributed by atoms with Crippen LogP contribution in [-0.2, 0) is 11.3 Å². The van der Waals surface area contributed by atoms with Crippen LogP contribution in [-0.4, -0.2) is 23.0 Å². The zero-order chi connectivity index (χ0) is 15.0. The zero-order valence-electron chi connectivity index (χ0n) is 11.4. The number of nitrogens with zero attached hydrogens (tertiary/aromatic N) is 2. The van der Waals surface area contributed by atoms with Gasteiger partial charge in [-0.2, -0.15) is 0 Å². The highest BCUT2D eigenvalue weighted by Crippen LogP contribution is 2.38. The first-order valence-corrected chi connectivity index (χ1v) is 6.87. The van der Waals surface area contributed by atoms with Crippen molar-refractivity contribution < 1.29 is 9.90 Å². The first-order chi connectivity index (χ1) is 10.1. The maximum atomic E-state index is 11.5. The molecule has 1 aliphatic rings. The van der Waals surface area contributed by atoms with Gasteiger partial charge in [-0.15, -0.1) is 0 Å². The highest BCUT2D eigenvalue weighted by Gasteiger charge is 2.30. The molecule has 0 bridgehead atoms. The number of nitrogens with one attached hydrogen (secondary N) is 1. The van der Waals surface area contributed by atoms with E-state index in [1.807, 2.05) is 30.1 Å². The summed E-state index contributed by atoms with van der Waals surface area (Å²) < 4.78 is 0. The van der Waals surface area contributed by atoms with E-state index in [0.29, 0.717) is 22.8 Å². The zero-order valence-corrected chi connectivity index (χ0v) is 12.1. The molecule has 108 valence electrons. The number of anilines is 2. The van der Waals surface area contributed by atoms with Gasteiger partial charge in [-0.25, -0.2) is 0 Å². The molecule has 0 saturated carbocycles. The third kappa shape index (κ3) is 2.57. The van der Waals surface area contributed by atoms with Crippen LogP contribution in [0.1, 0.15) is 17.4 Å². The molecule has 2 aromatic rings. The topological polar surface area (TPSA) is 65.5 Å². The summed E-state index contributed by atoms with van der Waals surface area (Å²) in [4.78, 5) is 17.7. The number of carbonyl (C=O) groups excluding carboxylic acids is 1. The van der Waals surface area contributed by atoms with Gasteiger partial charge in [-0.05, 0) is 24.3 Å². The van der Waals surface area contributed by atoms with E-state index in [9.17, 15) is 9.90 Å². The average molecular weight is 304 g/mol. The van der Waals surface area contributed by atoms with E-state index >= 15 is 0 Å². The second-order valence-electron chi connectivity index (χ2n) is 4.96. The van der Waals surface area contributed by atoms with E-state index in [4.69, 9.17) is 11.6 Å². The van der Waals surface area contributed by atoms with Crippen LogP contribution in [0.25, 0.3) is 0 Å². The number of benzene rings is 1. The van der Waals surface area contributed by atoms with Crippen LogP contribution < -0.4 is 10.2 Å². The van der Waals surface area contributed by atoms with Gasteiger partial charge in [-0.1, -0.05) is 17.7 Å². The van der Waals surface area contributed by atoms with E-state index < -0.39 is 12.0 Å². The first kappa shape index (κ1) is 13.9. The van der Waals surface area contributed by atoms with Crippen LogP contribution >= 0.6 is 11.6 Å². The second-order valence-corrected chi connectivity index (χ2v) is 5.37. The minimum Gasteiger partial charge on any atom is -0.378 e. The lowest BCUT2D eigenvalue weighted by atomic mass is 10.1. The molecule has 2 N–H and O–H groups in total. The molecule has 1 amide bonds. The van der Waals surface area contributed by atoms with Gasteiger partial charge in [-0.3, -0.25) is 9.78 Å². The molecule has 0 spiro atoms. The van der Waals surface area contributed by atoms with Crippen LogP contribution in [0.5, 0.6) is 0 Å². The Labute approximate surface area is 127 Å². The lowest BCUT2D eigenvalue weighted by Gasteiger charge is -2.21. The molecule has 0 saturated heterocycles. The third-order valence-corrected chi connectivity index (χ3v) is 3.76. The van der Waals surface area contributed by atoms with Crippen molar-refractivity contribution in [2.45, 2.75) is 12.6 Å². The largest absolute Gasteiger partial charge is 0.378 e. The van der Waals surface area contributed by atoms with Crippen LogP contribution in [0.2, 0.25) is 5.02 Å². The molecule has 1 unspecified atom stereocenters. The molecule has 21 heavy (non-hydrogen) atoms. The van der Waals surface area contributed by atoms with Crippen LogP contribution in [0.4, 0.5) is 11.4 Å². The standard InChI is InChI=1S/C15H14ClN3O2/c1-19(8-9-4-2-3-5-17-9)13-7-12-10(6-11(13)16)14(20)15(21)18-12/h2-7,14,20H,8H2,1H3,(H,18,21). The summed E-state index contributed by atoms with van der Waals surface area (Å²) in [6.07, 6.45) is 0.594. The van der Waals surface area contributed by atoms with Gasteiger partial charge in [0.25, 0.3) is 5.91 Å². The number of hydrogen-bond donors (Lipinski definition) is 2. The second kappa shape index (κ2) is 5.35. The van der Waals surface area contributed by atoms with Gasteiger partial charge in [0, 0.05) is 24.5 Å². The lowest BCUT2D eigenvalue weighted by molar-refractivity contribution is -0.123. The molecule has 1 aromatic carbocycles. The van der Waals surface area contributed by atoms with Gasteiger partial charge >= 0.3 is 0 Å². The van der Waals surface area contributed by atoms with Crippen molar-refractivity contribution in [2.75, 3.05) is 17.3 Å². The van der Waals surface area contributed by atoms with Crippen molar-refractivity contribution in [3.05, 3.63) is 52.8 Å². The van der Waals surface area contributed by atoms with Crippen LogP contribution in [0, 0.1) is 0 Å². The third-order valence-electron chi connectivity index (χ3n) is 3.46. The molecule has 0 radical (unpaired) electrons. The monoisotopic (exact) mass is 303 g/mol. The Balaban J connectivity index is 1.90. The van der Waals surface area contributed by atoms with Crippen molar-refractivity contribution in [1.82, 2.24) is 4.98 Å². The lowest BCUT2D eigenvalue weighted by Crippen LogP contribution is -2.17. The first-order valence-electron chi connectivity index (χ1n) is 6.49. The fourth-order valence-electron chi connectivity index (χ4n) is 2.37. The average Bonchev–Trinajstić information content (AvgIpc) is 2.74. The van der Waals surface area contributed by atoms with Crippen molar-refractivity contribution in [3.63, 3.8) is 0 Å². The number of aliphatic hydroxyl groups is 1. The highest BCUT2D eigenvalue weighted by atomic mass is 35.5. The molecule has 5 nitrogen and oxygen atoms in total. The van der Waals surface area contributed by atoms with Crippen molar-refractivity contribution >= 4 is 28.9 Å². The number of amides is 1. The van der Waals surface area contributed by atoms with Gasteiger partial charge in [0.2, 0.25) is 0 Å². The maximum Gasteiger partial charge on any atom is 0.257 e. The fraction of sp³-hybridized carbons (Fsp3) is 0.200. The van der Waals surface area contributed by atoms with Crippen LogP contribution in [0.3, 0.4) is 0 Å². The fourth-order valence-corrected chi connectivity index (χ4v) is 2.68. The quantitative estimate of drug-likeness (QED) is 0.913. The SMILES string of the molecule is CN(Cc1ccccn1)c1cc2c(cc1Cl)C(O)C(=O)N2. The Bertz CT molecular complexity index is 691. The summed E-state index contributed by atoms with van der Waals surface area (Å²) in [5.74, 6) is -0.425. The highest BCUT2D eigenvalue weighted by molar-refractivity contribution is 6.33. The number of carbonyl (C=O) groups is 1. The van der Waals surface area contributed by atoms with Crippen molar-refractivity contribution in [1.29, 1.82) is 0 Å². The van der Waals surface area contributed by atoms with E-state index in [-0.39, 0.29) is 0 Å². The van der Waals surface area contributed by atoms with E-state index in [2.05, 4.69) is 10.3 Å². The molecule has 0 fully saturated rings. The Morgan fingerprint density at radius 1 is 1.43 bits per heavy atom. The van der Waals surface area contributed by atoms with Crippen LogP contribution in [0.15, 0.2) is 36.5 Å². The molecular formula is C15H14ClN3O2. The summed E-state index contributed by atoms with van der Waals surface area (Å²) in [6.45, 7) is 0.593. The molecule has 0 aliphatic carbocycles. The maximum absolute atomic E-state index is 11.5. The summed E-state index contributed by atoms with van der Waals surface area (Å²) >= 11 is 6.27. The Kier molecular flexibility index (Phi) is 3.53. The van der Waals surface area contributed by atoms with Gasteiger partial charge in [0.15, 0.2) is 6.10 Å². The minimum atomic E-state index is -1.15. The van der Waals surface area contributed by atoms with Gasteiger partial charge < -0.3 is 15.3 Å². The normalized spacial score (nSPS) is 16.5. The Morgan fingerprint density at radius 2 is 2.24 bits per heavy atom. The minimum absolute atomic E-state index is 0.425. The Morgan fingerprint density at radius 3 is 2.95 bits per heavy atom. The number of aromatic nitrogens is 1. The molecular weight excluding hydrogens is 290 g/mol.